The molecule has 1 aliphatic rings. The number of thiophene rings is 1. The third-order valence-electron chi connectivity index (χ3n) is 4.71. The van der Waals surface area contributed by atoms with Crippen LogP contribution in [0.3, 0.4) is 0 Å². The Bertz CT molecular complexity index is 669. The summed E-state index contributed by atoms with van der Waals surface area (Å²) >= 11 is 8.30. The summed E-state index contributed by atoms with van der Waals surface area (Å²) in [6.45, 7) is 3.88. The van der Waals surface area contributed by atoms with Crippen LogP contribution in [0.15, 0.2) is 41.8 Å². The van der Waals surface area contributed by atoms with Gasteiger partial charge in [-0.05, 0) is 35.4 Å². The maximum atomic E-state index is 13.1. The Morgan fingerprint density at radius 1 is 1.29 bits per heavy atom. The van der Waals surface area contributed by atoms with Crippen molar-refractivity contribution in [2.45, 2.75) is 50.6 Å². The topological polar surface area (TPSA) is 20.3 Å². The molecule has 2 unspecified atom stereocenters. The number of benzene rings is 1. The van der Waals surface area contributed by atoms with Crippen molar-refractivity contribution in [1.29, 1.82) is 0 Å². The summed E-state index contributed by atoms with van der Waals surface area (Å²) in [4.78, 5) is 16.9. The molecule has 2 atom stereocenters. The van der Waals surface area contributed by atoms with Gasteiger partial charge < -0.3 is 0 Å². The Hall–Kier alpha value is -1.16. The van der Waals surface area contributed by atoms with Crippen LogP contribution in [-0.2, 0) is 17.8 Å². The van der Waals surface area contributed by atoms with E-state index in [0.717, 1.165) is 44.3 Å². The first-order valence-corrected chi connectivity index (χ1v) is 10.0. The van der Waals surface area contributed by atoms with Gasteiger partial charge in [-0.1, -0.05) is 50.1 Å². The number of hydrogen-bond acceptors (Lipinski definition) is 3. The molecule has 1 aromatic carbocycles. The van der Waals surface area contributed by atoms with Gasteiger partial charge in [-0.3, -0.25) is 9.69 Å². The molecule has 0 saturated carbocycles. The van der Waals surface area contributed by atoms with E-state index in [1.165, 1.54) is 10.4 Å². The number of unbranched alkanes of at least 4 members (excludes halogenated alkanes) is 1. The van der Waals surface area contributed by atoms with Crippen molar-refractivity contribution in [2.75, 3.05) is 6.54 Å². The minimum absolute atomic E-state index is 0.148. The number of carbonyl (C=O) groups excluding carboxylic acids is 1. The van der Waals surface area contributed by atoms with E-state index in [1.807, 2.05) is 29.5 Å². The molecule has 0 amide bonds. The lowest BCUT2D eigenvalue weighted by molar-refractivity contribution is -0.124. The fourth-order valence-electron chi connectivity index (χ4n) is 3.38. The largest absolute Gasteiger partial charge is 0.296 e. The van der Waals surface area contributed by atoms with Gasteiger partial charge in [0.25, 0.3) is 0 Å². The van der Waals surface area contributed by atoms with Crippen LogP contribution < -0.4 is 0 Å². The minimum atomic E-state index is -0.404. The SMILES string of the molecule is CCCCC(Cl)C(=O)C(c1ccccc1)N1CCc2sccc2C1. The summed E-state index contributed by atoms with van der Waals surface area (Å²) in [5.74, 6) is 0.148. The predicted octanol–water partition coefficient (Wildman–Crippen LogP) is 5.21. The molecule has 0 aliphatic carbocycles. The summed E-state index contributed by atoms with van der Waals surface area (Å²) in [5, 5.41) is 1.75. The van der Waals surface area contributed by atoms with Crippen LogP contribution in [0, 0.1) is 0 Å². The normalized spacial score (nSPS) is 17.2. The first-order chi connectivity index (χ1) is 11.7. The number of carbonyl (C=O) groups is 1. The lowest BCUT2D eigenvalue weighted by atomic mass is 9.94. The number of alkyl halides is 1. The second-order valence-corrected chi connectivity index (χ2v) is 7.94. The van der Waals surface area contributed by atoms with Crippen molar-refractivity contribution < 1.29 is 4.79 Å². The zero-order valence-electron chi connectivity index (χ0n) is 14.1. The Balaban J connectivity index is 1.84. The summed E-state index contributed by atoms with van der Waals surface area (Å²) in [5.41, 5.74) is 2.42. The standard InChI is InChI=1S/C20H24ClNOS/c1-2-3-9-17(21)20(23)19(15-7-5-4-6-8-15)22-12-10-18-16(14-22)11-13-24-18/h4-8,11,13,17,19H,2-3,9-10,12,14H2,1H3. The van der Waals surface area contributed by atoms with Gasteiger partial charge in [-0.2, -0.15) is 0 Å². The molecule has 1 aromatic heterocycles. The second kappa shape index (κ2) is 8.28. The smallest absolute Gasteiger partial charge is 0.172 e. The van der Waals surface area contributed by atoms with Crippen LogP contribution in [0.4, 0.5) is 0 Å². The van der Waals surface area contributed by atoms with Crippen molar-refractivity contribution in [1.82, 2.24) is 4.90 Å². The monoisotopic (exact) mass is 361 g/mol. The molecule has 1 aliphatic heterocycles. The van der Waals surface area contributed by atoms with Gasteiger partial charge in [0.2, 0.25) is 0 Å². The van der Waals surface area contributed by atoms with Crippen LogP contribution in [0.5, 0.6) is 0 Å². The van der Waals surface area contributed by atoms with Gasteiger partial charge in [0.1, 0.15) is 0 Å². The number of hydrogen-bond donors (Lipinski definition) is 0. The molecule has 0 saturated heterocycles. The summed E-state index contributed by atoms with van der Waals surface area (Å²) in [7, 11) is 0. The molecule has 0 fully saturated rings. The number of rotatable bonds is 7. The van der Waals surface area contributed by atoms with Crippen molar-refractivity contribution in [3.05, 3.63) is 57.8 Å². The average Bonchev–Trinajstić information content (AvgIpc) is 3.08. The van der Waals surface area contributed by atoms with Crippen molar-refractivity contribution in [3.8, 4) is 0 Å². The zero-order chi connectivity index (χ0) is 16.9. The van der Waals surface area contributed by atoms with Gasteiger partial charge in [-0.25, -0.2) is 0 Å². The van der Waals surface area contributed by atoms with E-state index in [-0.39, 0.29) is 11.8 Å². The summed E-state index contributed by atoms with van der Waals surface area (Å²) in [6.07, 6.45) is 3.84. The van der Waals surface area contributed by atoms with Crippen molar-refractivity contribution >= 4 is 28.7 Å². The molecule has 0 bridgehead atoms. The number of halogens is 1. The molecule has 2 aromatic rings. The molecule has 24 heavy (non-hydrogen) atoms. The number of ketones is 1. The maximum absolute atomic E-state index is 13.1. The van der Waals surface area contributed by atoms with Crippen LogP contribution in [0.2, 0.25) is 0 Å². The molecule has 3 rings (SSSR count). The van der Waals surface area contributed by atoms with E-state index >= 15 is 0 Å². The zero-order valence-corrected chi connectivity index (χ0v) is 15.7. The molecule has 0 N–H and O–H groups in total. The minimum Gasteiger partial charge on any atom is -0.296 e. The maximum Gasteiger partial charge on any atom is 0.172 e. The third-order valence-corrected chi connectivity index (χ3v) is 6.16. The molecule has 2 nitrogen and oxygen atoms in total. The first kappa shape index (κ1) is 17.7. The predicted molar refractivity (Wildman–Crippen MR) is 102 cm³/mol. The lowest BCUT2D eigenvalue weighted by Gasteiger charge is -2.35. The van der Waals surface area contributed by atoms with Gasteiger partial charge >= 0.3 is 0 Å². The highest BCUT2D eigenvalue weighted by atomic mass is 35.5. The number of nitrogens with zero attached hydrogens (tertiary/aromatic N) is 1. The second-order valence-electron chi connectivity index (χ2n) is 6.41. The van der Waals surface area contributed by atoms with Gasteiger partial charge in [-0.15, -0.1) is 22.9 Å². The van der Waals surface area contributed by atoms with E-state index in [2.05, 4.69) is 35.4 Å². The quantitative estimate of drug-likeness (QED) is 0.630. The van der Waals surface area contributed by atoms with E-state index in [4.69, 9.17) is 11.6 Å². The Morgan fingerprint density at radius 2 is 2.08 bits per heavy atom. The van der Waals surface area contributed by atoms with E-state index < -0.39 is 5.38 Å². The molecule has 0 radical (unpaired) electrons. The fraction of sp³-hybridized carbons (Fsp3) is 0.450. The molecule has 128 valence electrons. The van der Waals surface area contributed by atoms with Gasteiger partial charge in [0.15, 0.2) is 5.78 Å². The highest BCUT2D eigenvalue weighted by Gasteiger charge is 2.33. The van der Waals surface area contributed by atoms with Crippen LogP contribution in [0.1, 0.15) is 48.2 Å². The molecule has 4 heteroatoms. The Labute approximate surface area is 153 Å². The number of Topliss-reactive ketones (excluding diaryl/α,β-unsaturated/α-hetero) is 1. The Morgan fingerprint density at radius 3 is 2.83 bits per heavy atom. The Kier molecular flexibility index (Phi) is 6.09. The summed E-state index contributed by atoms with van der Waals surface area (Å²) in [6, 6.07) is 12.1. The lowest BCUT2D eigenvalue weighted by Crippen LogP contribution is -2.40. The van der Waals surface area contributed by atoms with Crippen molar-refractivity contribution in [3.63, 3.8) is 0 Å². The van der Waals surface area contributed by atoms with Crippen LogP contribution in [0.25, 0.3) is 0 Å². The van der Waals surface area contributed by atoms with Crippen molar-refractivity contribution in [2.24, 2.45) is 0 Å². The molecular weight excluding hydrogens is 338 g/mol. The van der Waals surface area contributed by atoms with Gasteiger partial charge in [0.05, 0.1) is 11.4 Å². The molecule has 0 spiro atoms. The highest BCUT2D eigenvalue weighted by molar-refractivity contribution is 7.10. The van der Waals surface area contributed by atoms with Crippen LogP contribution in [-0.4, -0.2) is 22.6 Å². The molecule has 2 heterocycles. The first-order valence-electron chi connectivity index (χ1n) is 8.72. The van der Waals surface area contributed by atoms with Gasteiger partial charge in [0, 0.05) is 18.0 Å². The third kappa shape index (κ3) is 3.90. The fourth-order valence-corrected chi connectivity index (χ4v) is 4.54. The van der Waals surface area contributed by atoms with Crippen LogP contribution >= 0.6 is 22.9 Å². The molecular formula is C20H24ClNOS. The van der Waals surface area contributed by atoms with E-state index in [1.54, 1.807) is 0 Å². The highest BCUT2D eigenvalue weighted by Crippen LogP contribution is 2.32. The number of fused-ring (bicyclic) bond motifs is 1. The summed E-state index contributed by atoms with van der Waals surface area (Å²) < 4.78 is 0. The van der Waals surface area contributed by atoms with E-state index in [9.17, 15) is 4.79 Å². The average molecular weight is 362 g/mol. The van der Waals surface area contributed by atoms with E-state index in [0.29, 0.717) is 0 Å².